The van der Waals surface area contributed by atoms with E-state index in [9.17, 15) is 4.79 Å². The molecule has 3 nitrogen and oxygen atoms in total. The molecule has 0 saturated carbocycles. The molecule has 0 aliphatic carbocycles. The zero-order valence-electron chi connectivity index (χ0n) is 13.9. The molecule has 3 heteroatoms. The molecule has 0 radical (unpaired) electrons. The Morgan fingerprint density at radius 2 is 1.71 bits per heavy atom. The van der Waals surface area contributed by atoms with Gasteiger partial charge in [0.05, 0.1) is 0 Å². The molecule has 1 aliphatic rings. The number of amides is 1. The Bertz CT molecular complexity index is 473. The van der Waals surface area contributed by atoms with Crippen LogP contribution >= 0.6 is 0 Å². The first kappa shape index (κ1) is 16.0. The third-order valence-corrected chi connectivity index (χ3v) is 4.26. The molecule has 1 fully saturated rings. The van der Waals surface area contributed by atoms with Gasteiger partial charge in [-0.2, -0.15) is 0 Å². The second-order valence-electron chi connectivity index (χ2n) is 7.08. The highest BCUT2D eigenvalue weighted by Gasteiger charge is 2.17. The summed E-state index contributed by atoms with van der Waals surface area (Å²) in [6.07, 6.45) is 1.07. The predicted octanol–water partition coefficient (Wildman–Crippen LogP) is 3.04. The fraction of sp³-hybridized carbons (Fsp3) is 0.611. The number of carbonyl (C=O) groups is 1. The van der Waals surface area contributed by atoms with Gasteiger partial charge >= 0.3 is 0 Å². The van der Waals surface area contributed by atoms with Crippen LogP contribution in [0.15, 0.2) is 24.3 Å². The second-order valence-corrected chi connectivity index (χ2v) is 7.08. The van der Waals surface area contributed by atoms with Gasteiger partial charge in [-0.3, -0.25) is 9.69 Å². The van der Waals surface area contributed by atoms with Crippen molar-refractivity contribution in [3.05, 3.63) is 35.4 Å². The van der Waals surface area contributed by atoms with E-state index in [2.05, 4.69) is 49.9 Å². The fourth-order valence-corrected chi connectivity index (χ4v) is 2.81. The molecule has 1 amide bonds. The van der Waals surface area contributed by atoms with Crippen molar-refractivity contribution >= 4 is 5.91 Å². The molecule has 0 N–H and O–H groups in total. The van der Waals surface area contributed by atoms with Crippen molar-refractivity contribution in [3.63, 3.8) is 0 Å². The lowest BCUT2D eigenvalue weighted by atomic mass is 9.87. The van der Waals surface area contributed by atoms with E-state index in [1.807, 2.05) is 4.90 Å². The van der Waals surface area contributed by atoms with Crippen molar-refractivity contribution in [3.8, 4) is 0 Å². The largest absolute Gasteiger partial charge is 0.342 e. The molecule has 0 spiro atoms. The quantitative estimate of drug-likeness (QED) is 0.835. The normalized spacial score (nSPS) is 17.6. The number of hydrogen-bond acceptors (Lipinski definition) is 2. The summed E-state index contributed by atoms with van der Waals surface area (Å²) in [4.78, 5) is 15.9. The molecule has 21 heavy (non-hydrogen) atoms. The minimum absolute atomic E-state index is 0.200. The molecule has 0 atom stereocenters. The Hall–Kier alpha value is -1.35. The average molecular weight is 288 g/mol. The Balaban J connectivity index is 1.94. The average Bonchev–Trinajstić information content (AvgIpc) is 2.64. The van der Waals surface area contributed by atoms with Gasteiger partial charge in [0, 0.05) is 39.6 Å². The standard InChI is InChI=1S/C18H28N2O/c1-15(21)20-11-5-10-19(12-13-20)14-16-6-8-17(9-7-16)18(2,3)4/h6-9H,5,10-14H2,1-4H3. The first-order chi connectivity index (χ1) is 9.86. The topological polar surface area (TPSA) is 23.6 Å². The van der Waals surface area contributed by atoms with E-state index in [0.717, 1.165) is 39.1 Å². The number of hydrogen-bond donors (Lipinski definition) is 0. The van der Waals surface area contributed by atoms with Crippen LogP contribution in [0.2, 0.25) is 0 Å². The van der Waals surface area contributed by atoms with Gasteiger partial charge in [-0.05, 0) is 23.0 Å². The van der Waals surface area contributed by atoms with Crippen LogP contribution in [0, 0.1) is 0 Å². The second kappa shape index (κ2) is 6.61. The van der Waals surface area contributed by atoms with Gasteiger partial charge in [-0.1, -0.05) is 45.0 Å². The lowest BCUT2D eigenvalue weighted by molar-refractivity contribution is -0.128. The lowest BCUT2D eigenvalue weighted by Crippen LogP contribution is -2.33. The van der Waals surface area contributed by atoms with Crippen molar-refractivity contribution in [2.75, 3.05) is 26.2 Å². The fourth-order valence-electron chi connectivity index (χ4n) is 2.81. The van der Waals surface area contributed by atoms with Gasteiger partial charge in [0.15, 0.2) is 0 Å². The smallest absolute Gasteiger partial charge is 0.219 e. The van der Waals surface area contributed by atoms with E-state index in [0.29, 0.717) is 0 Å². The zero-order valence-corrected chi connectivity index (χ0v) is 13.9. The van der Waals surface area contributed by atoms with Crippen LogP contribution in [-0.4, -0.2) is 41.9 Å². The molecule has 1 aliphatic heterocycles. The highest BCUT2D eigenvalue weighted by Crippen LogP contribution is 2.22. The molecule has 116 valence electrons. The number of carbonyl (C=O) groups excluding carboxylic acids is 1. The van der Waals surface area contributed by atoms with Crippen LogP contribution in [0.3, 0.4) is 0 Å². The third-order valence-electron chi connectivity index (χ3n) is 4.26. The minimum Gasteiger partial charge on any atom is -0.342 e. The Morgan fingerprint density at radius 1 is 1.05 bits per heavy atom. The van der Waals surface area contributed by atoms with Gasteiger partial charge in [-0.15, -0.1) is 0 Å². The van der Waals surface area contributed by atoms with Crippen LogP contribution in [0.25, 0.3) is 0 Å². The summed E-state index contributed by atoms with van der Waals surface area (Å²) in [5.74, 6) is 0.200. The van der Waals surface area contributed by atoms with Crippen molar-refractivity contribution in [2.24, 2.45) is 0 Å². The summed E-state index contributed by atoms with van der Waals surface area (Å²) < 4.78 is 0. The van der Waals surface area contributed by atoms with E-state index in [-0.39, 0.29) is 11.3 Å². The number of rotatable bonds is 2. The first-order valence-electron chi connectivity index (χ1n) is 7.93. The van der Waals surface area contributed by atoms with Crippen LogP contribution < -0.4 is 0 Å². The van der Waals surface area contributed by atoms with Crippen molar-refractivity contribution < 1.29 is 4.79 Å². The van der Waals surface area contributed by atoms with E-state index in [1.165, 1.54) is 11.1 Å². The van der Waals surface area contributed by atoms with Crippen LogP contribution in [0.1, 0.15) is 45.2 Å². The maximum atomic E-state index is 11.5. The summed E-state index contributed by atoms with van der Waals surface area (Å²) in [6, 6.07) is 8.98. The van der Waals surface area contributed by atoms with Gasteiger partial charge in [0.2, 0.25) is 5.91 Å². The highest BCUT2D eigenvalue weighted by atomic mass is 16.2. The van der Waals surface area contributed by atoms with Crippen molar-refractivity contribution in [2.45, 2.75) is 46.1 Å². The summed E-state index contributed by atoms with van der Waals surface area (Å²) >= 11 is 0. The summed E-state index contributed by atoms with van der Waals surface area (Å²) in [7, 11) is 0. The molecule has 0 bridgehead atoms. The lowest BCUT2D eigenvalue weighted by Gasteiger charge is -2.22. The van der Waals surface area contributed by atoms with E-state index in [1.54, 1.807) is 6.92 Å². The Morgan fingerprint density at radius 3 is 2.29 bits per heavy atom. The van der Waals surface area contributed by atoms with Crippen molar-refractivity contribution in [1.29, 1.82) is 0 Å². The molecule has 2 rings (SSSR count). The van der Waals surface area contributed by atoms with E-state index >= 15 is 0 Å². The molecule has 1 saturated heterocycles. The third kappa shape index (κ3) is 4.57. The molecule has 1 aromatic carbocycles. The highest BCUT2D eigenvalue weighted by molar-refractivity contribution is 5.73. The molecule has 1 aromatic rings. The number of benzene rings is 1. The number of nitrogens with zero attached hydrogens (tertiary/aromatic N) is 2. The van der Waals surface area contributed by atoms with Crippen LogP contribution in [0.5, 0.6) is 0 Å². The molecule has 1 heterocycles. The Kier molecular flexibility index (Phi) is 5.04. The molecular weight excluding hydrogens is 260 g/mol. The first-order valence-corrected chi connectivity index (χ1v) is 7.93. The summed E-state index contributed by atoms with van der Waals surface area (Å²) in [5.41, 5.74) is 2.95. The summed E-state index contributed by atoms with van der Waals surface area (Å²) in [5, 5.41) is 0. The molecule has 0 aromatic heterocycles. The minimum atomic E-state index is 0.200. The summed E-state index contributed by atoms with van der Waals surface area (Å²) in [6.45, 7) is 13.2. The van der Waals surface area contributed by atoms with Gasteiger partial charge < -0.3 is 4.90 Å². The SMILES string of the molecule is CC(=O)N1CCCN(Cc2ccc(C(C)(C)C)cc2)CC1. The zero-order chi connectivity index (χ0) is 15.5. The van der Waals surface area contributed by atoms with Gasteiger partial charge in [-0.25, -0.2) is 0 Å². The van der Waals surface area contributed by atoms with Crippen molar-refractivity contribution in [1.82, 2.24) is 9.80 Å². The molecular formula is C18H28N2O. The maximum absolute atomic E-state index is 11.5. The maximum Gasteiger partial charge on any atom is 0.219 e. The molecule has 0 unspecified atom stereocenters. The predicted molar refractivity (Wildman–Crippen MR) is 87.3 cm³/mol. The van der Waals surface area contributed by atoms with Crippen LogP contribution in [0.4, 0.5) is 0 Å². The van der Waals surface area contributed by atoms with Gasteiger partial charge in [0.1, 0.15) is 0 Å². The van der Waals surface area contributed by atoms with Gasteiger partial charge in [0.25, 0.3) is 0 Å². The monoisotopic (exact) mass is 288 g/mol. The van der Waals surface area contributed by atoms with Crippen LogP contribution in [-0.2, 0) is 16.8 Å². The Labute approximate surface area is 128 Å². The van der Waals surface area contributed by atoms with E-state index < -0.39 is 0 Å². The van der Waals surface area contributed by atoms with E-state index in [4.69, 9.17) is 0 Å².